The normalized spacial score (nSPS) is 15.9. The molecule has 1 aliphatic rings. The van der Waals surface area contributed by atoms with E-state index in [0.717, 1.165) is 5.56 Å². The van der Waals surface area contributed by atoms with E-state index < -0.39 is 16.2 Å². The number of benzene rings is 2. The first-order valence-corrected chi connectivity index (χ1v) is 11.5. The number of nitrogens with zero attached hydrogens (tertiary/aromatic N) is 3. The summed E-state index contributed by atoms with van der Waals surface area (Å²) >= 11 is 0. The Hall–Kier alpha value is -2.42. The Morgan fingerprint density at radius 1 is 1.00 bits per heavy atom. The first kappa shape index (κ1) is 22.3. The number of hydrogen-bond donors (Lipinski definition) is 0. The Balaban J connectivity index is 1.85. The van der Waals surface area contributed by atoms with Crippen molar-refractivity contribution in [2.45, 2.75) is 26.4 Å². The number of para-hydroxylation sites is 1. The van der Waals surface area contributed by atoms with Gasteiger partial charge in [0.1, 0.15) is 0 Å². The topological polar surface area (TPSA) is 70.2 Å². The van der Waals surface area contributed by atoms with Gasteiger partial charge in [-0.3, -0.25) is 9.21 Å². The molecule has 8 heteroatoms. The van der Waals surface area contributed by atoms with Crippen LogP contribution in [0.4, 0.5) is 5.69 Å². The van der Waals surface area contributed by atoms with Crippen LogP contribution in [0.3, 0.4) is 0 Å². The molecule has 0 aromatic heterocycles. The Labute approximate surface area is 179 Å². The summed E-state index contributed by atoms with van der Waals surface area (Å²) < 4.78 is 34.8. The molecule has 1 saturated heterocycles. The van der Waals surface area contributed by atoms with Gasteiger partial charge in [-0.25, -0.2) is 4.79 Å². The van der Waals surface area contributed by atoms with Crippen LogP contribution in [0.2, 0.25) is 0 Å². The third-order valence-electron chi connectivity index (χ3n) is 5.35. The predicted molar refractivity (Wildman–Crippen MR) is 118 cm³/mol. The summed E-state index contributed by atoms with van der Waals surface area (Å²) in [7, 11) is -2.37. The van der Waals surface area contributed by atoms with Crippen LogP contribution in [0.15, 0.2) is 54.6 Å². The Morgan fingerprint density at radius 2 is 1.60 bits per heavy atom. The van der Waals surface area contributed by atoms with Gasteiger partial charge in [-0.2, -0.15) is 12.7 Å². The number of carbonyl (C=O) groups is 1. The van der Waals surface area contributed by atoms with E-state index in [1.807, 2.05) is 18.2 Å². The fourth-order valence-corrected chi connectivity index (χ4v) is 5.12. The maximum absolute atomic E-state index is 13.5. The molecule has 0 aliphatic carbocycles. The molecule has 7 nitrogen and oxygen atoms in total. The zero-order chi connectivity index (χ0) is 21.7. The summed E-state index contributed by atoms with van der Waals surface area (Å²) in [6, 6.07) is 16.3. The van der Waals surface area contributed by atoms with Gasteiger partial charge in [0.15, 0.2) is 0 Å². The third-order valence-corrected chi connectivity index (χ3v) is 7.27. The first-order valence-electron chi connectivity index (χ1n) is 10.1. The van der Waals surface area contributed by atoms with Crippen molar-refractivity contribution in [3.05, 3.63) is 65.7 Å². The molecule has 0 saturated carbocycles. The Bertz CT molecular complexity index is 938. The van der Waals surface area contributed by atoms with Gasteiger partial charge in [0, 0.05) is 32.2 Å². The number of methoxy groups -OCH3 is 1. The summed E-state index contributed by atoms with van der Waals surface area (Å²) in [4.78, 5) is 14.0. The highest BCUT2D eigenvalue weighted by Gasteiger charge is 2.33. The zero-order valence-corrected chi connectivity index (χ0v) is 18.5. The lowest BCUT2D eigenvalue weighted by Gasteiger charge is -2.38. The molecule has 0 spiro atoms. The van der Waals surface area contributed by atoms with Gasteiger partial charge in [-0.15, -0.1) is 0 Å². The SMILES string of the molecule is COC(=O)c1ccc(CN(c2ccccc2)S(=O)(=O)N2CCN(C(C)C)CC2)cc1. The zero-order valence-electron chi connectivity index (χ0n) is 17.7. The van der Waals surface area contributed by atoms with Crippen LogP contribution in [0.1, 0.15) is 29.8 Å². The van der Waals surface area contributed by atoms with Crippen molar-refractivity contribution in [3.8, 4) is 0 Å². The molecule has 0 radical (unpaired) electrons. The molecule has 1 fully saturated rings. The number of rotatable bonds is 7. The molecule has 30 heavy (non-hydrogen) atoms. The molecule has 0 atom stereocenters. The second-order valence-corrected chi connectivity index (χ2v) is 9.42. The van der Waals surface area contributed by atoms with Crippen molar-refractivity contribution < 1.29 is 17.9 Å². The van der Waals surface area contributed by atoms with Gasteiger partial charge in [0.25, 0.3) is 0 Å². The molecule has 2 aromatic rings. The number of esters is 1. The number of ether oxygens (including phenoxy) is 1. The standard InChI is InChI=1S/C22H29N3O4S/c1-18(2)23-13-15-24(16-14-23)30(27,28)25(21-7-5-4-6-8-21)17-19-9-11-20(12-10-19)22(26)29-3/h4-12,18H,13-17H2,1-3H3. The number of anilines is 1. The van der Waals surface area contributed by atoms with Gasteiger partial charge in [0.2, 0.25) is 0 Å². The Morgan fingerprint density at radius 3 is 2.13 bits per heavy atom. The van der Waals surface area contributed by atoms with E-state index >= 15 is 0 Å². The van der Waals surface area contributed by atoms with E-state index in [4.69, 9.17) is 4.74 Å². The van der Waals surface area contributed by atoms with Crippen LogP contribution in [0, 0.1) is 0 Å². The first-order chi connectivity index (χ1) is 14.3. The Kier molecular flexibility index (Phi) is 7.12. The molecule has 0 bridgehead atoms. The van der Waals surface area contributed by atoms with Crippen LogP contribution < -0.4 is 4.31 Å². The van der Waals surface area contributed by atoms with E-state index in [0.29, 0.717) is 43.5 Å². The van der Waals surface area contributed by atoms with Gasteiger partial charge >= 0.3 is 16.2 Å². The highest BCUT2D eigenvalue weighted by molar-refractivity contribution is 7.90. The van der Waals surface area contributed by atoms with Crippen LogP contribution >= 0.6 is 0 Å². The monoisotopic (exact) mass is 431 g/mol. The van der Waals surface area contributed by atoms with Crippen LogP contribution in [-0.2, 0) is 21.5 Å². The molecule has 3 rings (SSSR count). The molecule has 162 valence electrons. The van der Waals surface area contributed by atoms with Crippen molar-refractivity contribution in [2.24, 2.45) is 0 Å². The molecule has 1 heterocycles. The maximum atomic E-state index is 13.5. The van der Waals surface area contributed by atoms with Crippen molar-refractivity contribution in [1.29, 1.82) is 0 Å². The average Bonchev–Trinajstić information content (AvgIpc) is 2.77. The van der Waals surface area contributed by atoms with Gasteiger partial charge < -0.3 is 4.74 Å². The predicted octanol–water partition coefficient (Wildman–Crippen LogP) is 2.75. The van der Waals surface area contributed by atoms with Crippen molar-refractivity contribution in [1.82, 2.24) is 9.21 Å². The number of carbonyl (C=O) groups excluding carboxylic acids is 1. The molecular formula is C22H29N3O4S. The van der Waals surface area contributed by atoms with Crippen LogP contribution in [0.25, 0.3) is 0 Å². The molecule has 0 unspecified atom stereocenters. The second-order valence-electron chi connectivity index (χ2n) is 7.57. The van der Waals surface area contributed by atoms with E-state index in [2.05, 4.69) is 18.7 Å². The van der Waals surface area contributed by atoms with Crippen molar-refractivity contribution in [3.63, 3.8) is 0 Å². The highest BCUT2D eigenvalue weighted by atomic mass is 32.2. The summed E-state index contributed by atoms with van der Waals surface area (Å²) in [6.45, 7) is 6.78. The molecular weight excluding hydrogens is 402 g/mol. The summed E-state index contributed by atoms with van der Waals surface area (Å²) in [6.07, 6.45) is 0. The minimum absolute atomic E-state index is 0.179. The fraction of sp³-hybridized carbons (Fsp3) is 0.409. The lowest BCUT2D eigenvalue weighted by atomic mass is 10.1. The van der Waals surface area contributed by atoms with Gasteiger partial charge in [-0.1, -0.05) is 30.3 Å². The highest BCUT2D eigenvalue weighted by Crippen LogP contribution is 2.24. The van der Waals surface area contributed by atoms with Crippen molar-refractivity contribution >= 4 is 21.9 Å². The van der Waals surface area contributed by atoms with E-state index in [1.165, 1.54) is 11.4 Å². The third kappa shape index (κ3) is 5.00. The minimum Gasteiger partial charge on any atom is -0.465 e. The summed E-state index contributed by atoms with van der Waals surface area (Å²) in [5, 5.41) is 0. The molecule has 1 aliphatic heterocycles. The van der Waals surface area contributed by atoms with Crippen LogP contribution in [-0.4, -0.2) is 62.9 Å². The van der Waals surface area contributed by atoms with E-state index in [1.54, 1.807) is 40.7 Å². The molecule has 2 aromatic carbocycles. The average molecular weight is 432 g/mol. The van der Waals surface area contributed by atoms with Gasteiger partial charge in [0.05, 0.1) is 24.9 Å². The number of piperazine rings is 1. The largest absolute Gasteiger partial charge is 0.465 e. The van der Waals surface area contributed by atoms with E-state index in [9.17, 15) is 13.2 Å². The lowest BCUT2D eigenvalue weighted by molar-refractivity contribution is 0.0600. The van der Waals surface area contributed by atoms with Crippen molar-refractivity contribution in [2.75, 3.05) is 37.6 Å². The molecule has 0 amide bonds. The summed E-state index contributed by atoms with van der Waals surface area (Å²) in [5.41, 5.74) is 1.83. The summed E-state index contributed by atoms with van der Waals surface area (Å²) in [5.74, 6) is -0.419. The fourth-order valence-electron chi connectivity index (χ4n) is 3.52. The minimum atomic E-state index is -3.71. The second kappa shape index (κ2) is 9.59. The quantitative estimate of drug-likeness (QED) is 0.631. The maximum Gasteiger partial charge on any atom is 0.337 e. The van der Waals surface area contributed by atoms with Gasteiger partial charge in [-0.05, 0) is 43.7 Å². The number of hydrogen-bond acceptors (Lipinski definition) is 5. The molecule has 0 N–H and O–H groups in total. The van der Waals surface area contributed by atoms with Crippen LogP contribution in [0.5, 0.6) is 0 Å². The smallest absolute Gasteiger partial charge is 0.337 e. The lowest BCUT2D eigenvalue weighted by Crippen LogP contribution is -2.54. The van der Waals surface area contributed by atoms with E-state index in [-0.39, 0.29) is 6.54 Å².